The number of para-hydroxylation sites is 1. The fraction of sp³-hybridized carbons (Fsp3) is 0.222. The number of carboxylic acids is 1. The van der Waals surface area contributed by atoms with Crippen LogP contribution in [0.4, 0.5) is 0 Å². The molecule has 0 bridgehead atoms. The second kappa shape index (κ2) is 8.36. The highest BCUT2D eigenvalue weighted by Crippen LogP contribution is 2.39. The van der Waals surface area contributed by atoms with Crippen LogP contribution >= 0.6 is 0 Å². The summed E-state index contributed by atoms with van der Waals surface area (Å²) >= 11 is 0. The second-order valence-electron chi connectivity index (χ2n) is 5.12. The van der Waals surface area contributed by atoms with Crippen LogP contribution in [-0.4, -0.2) is 35.1 Å². The molecule has 0 aliphatic carbocycles. The van der Waals surface area contributed by atoms with E-state index in [-0.39, 0.29) is 6.42 Å². The number of aromatic nitrogens is 2. The molecule has 0 spiro atoms. The maximum Gasteiger partial charge on any atom is 0.346 e. The van der Waals surface area contributed by atoms with Crippen molar-refractivity contribution < 1.29 is 19.4 Å². The lowest BCUT2D eigenvalue weighted by Gasteiger charge is -2.11. The van der Waals surface area contributed by atoms with Gasteiger partial charge in [-0.15, -0.1) is 0 Å². The topological polar surface area (TPSA) is 121 Å². The molecule has 0 saturated carbocycles. The number of rotatable bonds is 7. The Balaban J connectivity index is 2.68. The Morgan fingerprint density at radius 3 is 2.69 bits per heavy atom. The molecule has 1 aromatic carbocycles. The number of carboxylic acid groups (broad SMARTS) is 1. The summed E-state index contributed by atoms with van der Waals surface area (Å²) in [5, 5.41) is 31.4. The Labute approximate surface area is 150 Å². The molecule has 2 rings (SSSR count). The molecule has 0 aliphatic rings. The number of methoxy groups -OCH3 is 2. The third-order valence-corrected chi connectivity index (χ3v) is 3.55. The fourth-order valence-electron chi connectivity index (χ4n) is 2.40. The van der Waals surface area contributed by atoms with Gasteiger partial charge in [0.25, 0.3) is 0 Å². The first-order chi connectivity index (χ1) is 12.5. The number of nitrogens with zero attached hydrogens (tertiary/aromatic N) is 4. The first-order valence-electron chi connectivity index (χ1n) is 7.56. The Kier molecular flexibility index (Phi) is 5.96. The molecule has 1 aromatic heterocycles. The van der Waals surface area contributed by atoms with Gasteiger partial charge in [0.15, 0.2) is 11.5 Å². The molecular formula is C18H16N4O4. The van der Waals surface area contributed by atoms with Crippen LogP contribution in [0.3, 0.4) is 0 Å². The molecule has 0 amide bonds. The van der Waals surface area contributed by atoms with Crippen LogP contribution in [0.5, 0.6) is 11.5 Å². The van der Waals surface area contributed by atoms with Crippen molar-refractivity contribution in [2.75, 3.05) is 14.2 Å². The van der Waals surface area contributed by atoms with Crippen molar-refractivity contribution in [2.45, 2.75) is 13.0 Å². The molecule has 0 aliphatic heterocycles. The van der Waals surface area contributed by atoms with Gasteiger partial charge in [0.2, 0.25) is 0 Å². The van der Waals surface area contributed by atoms with Crippen LogP contribution in [0.15, 0.2) is 30.0 Å². The van der Waals surface area contributed by atoms with Crippen LogP contribution < -0.4 is 9.47 Å². The van der Waals surface area contributed by atoms with Crippen molar-refractivity contribution in [1.29, 1.82) is 10.5 Å². The lowest BCUT2D eigenvalue weighted by atomic mass is 10.0. The van der Waals surface area contributed by atoms with Gasteiger partial charge in [-0.3, -0.25) is 4.68 Å². The predicted octanol–water partition coefficient (Wildman–Crippen LogP) is 2.47. The van der Waals surface area contributed by atoms with Crippen molar-refractivity contribution in [3.05, 3.63) is 35.5 Å². The molecule has 8 nitrogen and oxygen atoms in total. The molecule has 0 radical (unpaired) electrons. The maximum absolute atomic E-state index is 11.2. The van der Waals surface area contributed by atoms with Crippen LogP contribution in [0.2, 0.25) is 0 Å². The number of aliphatic carboxylic acids is 1. The Morgan fingerprint density at radius 1 is 1.35 bits per heavy atom. The van der Waals surface area contributed by atoms with E-state index < -0.39 is 11.5 Å². The van der Waals surface area contributed by atoms with Gasteiger partial charge in [0.1, 0.15) is 17.3 Å². The summed E-state index contributed by atoms with van der Waals surface area (Å²) in [6.45, 7) is 0.332. The van der Waals surface area contributed by atoms with E-state index in [2.05, 4.69) is 5.10 Å². The van der Waals surface area contributed by atoms with Gasteiger partial charge in [-0.25, -0.2) is 4.79 Å². The molecule has 132 valence electrons. The van der Waals surface area contributed by atoms with E-state index in [1.807, 2.05) is 6.07 Å². The molecule has 0 saturated heterocycles. The molecule has 0 fully saturated rings. The number of carbonyl (C=O) groups is 1. The van der Waals surface area contributed by atoms with Gasteiger partial charge in [0.05, 0.1) is 33.3 Å². The van der Waals surface area contributed by atoms with Gasteiger partial charge in [-0.1, -0.05) is 6.07 Å². The number of ether oxygens (including phenoxy) is 2. The molecular weight excluding hydrogens is 336 g/mol. The fourth-order valence-corrected chi connectivity index (χ4v) is 2.40. The summed E-state index contributed by atoms with van der Waals surface area (Å²) in [6.07, 6.45) is 3.07. The van der Waals surface area contributed by atoms with E-state index in [0.717, 1.165) is 0 Å². The van der Waals surface area contributed by atoms with E-state index in [9.17, 15) is 4.79 Å². The third kappa shape index (κ3) is 3.82. The third-order valence-electron chi connectivity index (χ3n) is 3.55. The molecule has 2 aromatic rings. The van der Waals surface area contributed by atoms with Gasteiger partial charge in [0, 0.05) is 17.3 Å². The molecule has 8 heteroatoms. The van der Waals surface area contributed by atoms with Crippen molar-refractivity contribution in [1.82, 2.24) is 9.78 Å². The summed E-state index contributed by atoms with van der Waals surface area (Å²) in [5.41, 5.74) is 1.01. The summed E-state index contributed by atoms with van der Waals surface area (Å²) in [7, 11) is 2.99. The van der Waals surface area contributed by atoms with Crippen LogP contribution in [-0.2, 0) is 11.3 Å². The zero-order valence-electron chi connectivity index (χ0n) is 14.3. The average molecular weight is 352 g/mol. The molecule has 1 N–H and O–H groups in total. The smallest absolute Gasteiger partial charge is 0.346 e. The molecule has 0 atom stereocenters. The predicted molar refractivity (Wildman–Crippen MR) is 92.2 cm³/mol. The van der Waals surface area contributed by atoms with Gasteiger partial charge >= 0.3 is 5.97 Å². The van der Waals surface area contributed by atoms with Gasteiger partial charge in [-0.2, -0.15) is 15.6 Å². The van der Waals surface area contributed by atoms with Gasteiger partial charge in [-0.05, 0) is 18.2 Å². The average Bonchev–Trinajstić information content (AvgIpc) is 3.05. The normalized spacial score (nSPS) is 10.7. The van der Waals surface area contributed by atoms with Crippen molar-refractivity contribution in [3.63, 3.8) is 0 Å². The van der Waals surface area contributed by atoms with Crippen LogP contribution in [0.25, 0.3) is 17.3 Å². The van der Waals surface area contributed by atoms with E-state index >= 15 is 0 Å². The summed E-state index contributed by atoms with van der Waals surface area (Å²) < 4.78 is 12.2. The van der Waals surface area contributed by atoms with E-state index in [4.69, 9.17) is 25.1 Å². The number of nitriles is 2. The summed E-state index contributed by atoms with van der Waals surface area (Å²) in [5.74, 6) is -0.407. The number of aryl methyl sites for hydroxylation is 1. The second-order valence-corrected chi connectivity index (χ2v) is 5.12. The minimum absolute atomic E-state index is 0.240. The van der Waals surface area contributed by atoms with Gasteiger partial charge < -0.3 is 14.6 Å². The highest BCUT2D eigenvalue weighted by molar-refractivity contribution is 5.97. The quantitative estimate of drug-likeness (QED) is 0.600. The molecule has 26 heavy (non-hydrogen) atoms. The minimum Gasteiger partial charge on any atom is -0.493 e. The molecule has 0 unspecified atom stereocenters. The largest absolute Gasteiger partial charge is 0.493 e. The SMILES string of the molecule is COc1cccc(-c2nn(CCC#N)cc2/C=C(/C#N)C(=O)O)c1OC. The van der Waals surface area contributed by atoms with Crippen molar-refractivity contribution >= 4 is 12.0 Å². The lowest BCUT2D eigenvalue weighted by molar-refractivity contribution is -0.132. The lowest BCUT2D eigenvalue weighted by Crippen LogP contribution is -1.98. The van der Waals surface area contributed by atoms with E-state index in [1.54, 1.807) is 30.5 Å². The number of benzene rings is 1. The first kappa shape index (κ1) is 18.6. The monoisotopic (exact) mass is 352 g/mol. The molecule has 1 heterocycles. The Bertz CT molecular complexity index is 932. The Morgan fingerprint density at radius 2 is 2.12 bits per heavy atom. The number of hydrogen-bond donors (Lipinski definition) is 1. The zero-order valence-corrected chi connectivity index (χ0v) is 14.3. The minimum atomic E-state index is -1.33. The van der Waals surface area contributed by atoms with Crippen LogP contribution in [0.1, 0.15) is 12.0 Å². The van der Waals surface area contributed by atoms with Crippen molar-refractivity contribution in [3.8, 4) is 34.9 Å². The highest BCUT2D eigenvalue weighted by atomic mass is 16.5. The highest BCUT2D eigenvalue weighted by Gasteiger charge is 2.19. The summed E-state index contributed by atoms with van der Waals surface area (Å²) in [4.78, 5) is 11.2. The van der Waals surface area contributed by atoms with Crippen molar-refractivity contribution in [2.24, 2.45) is 0 Å². The van der Waals surface area contributed by atoms with E-state index in [1.165, 1.54) is 25.0 Å². The maximum atomic E-state index is 11.2. The van der Waals surface area contributed by atoms with E-state index in [0.29, 0.717) is 34.9 Å². The standard InChI is InChI=1S/C18H16N4O4/c1-25-15-6-3-5-14(17(15)26-2)16-13(9-12(10-20)18(23)24)11-22(21-16)8-4-7-19/h3,5-6,9,11H,4,8H2,1-2H3,(H,23,24)/b12-9-. The first-order valence-corrected chi connectivity index (χ1v) is 7.56. The summed E-state index contributed by atoms with van der Waals surface area (Å²) in [6, 6.07) is 8.90. The number of hydrogen-bond acceptors (Lipinski definition) is 6. The zero-order chi connectivity index (χ0) is 19.1. The Hall–Kier alpha value is -3.78. The van der Waals surface area contributed by atoms with Crippen LogP contribution in [0, 0.1) is 22.7 Å².